The summed E-state index contributed by atoms with van der Waals surface area (Å²) in [5.41, 5.74) is 0. The molecule has 0 radical (unpaired) electrons. The molecular formula is C13H21NO5. The number of nitrogens with one attached hydrogen (secondary N) is 1. The molecule has 0 unspecified atom stereocenters. The summed E-state index contributed by atoms with van der Waals surface area (Å²) in [5.74, 6) is -0.880. The van der Waals surface area contributed by atoms with Crippen LogP contribution in [0.3, 0.4) is 0 Å². The predicted molar refractivity (Wildman–Crippen MR) is 67.4 cm³/mol. The standard InChI is InChI=1S/C13H21NO5/c1-3-10(15)4-5-11(13(17)18-2)14-12(16)9-6-7-19-8-9/h9,11H,3-8H2,1-2H3,(H,14,16)/t9-,11+/m1/s1. The summed E-state index contributed by atoms with van der Waals surface area (Å²) in [6.45, 7) is 2.72. The fourth-order valence-corrected chi connectivity index (χ4v) is 1.90. The normalized spacial score (nSPS) is 19.8. The van der Waals surface area contributed by atoms with Crippen molar-refractivity contribution in [3.05, 3.63) is 0 Å². The van der Waals surface area contributed by atoms with E-state index in [0.717, 1.165) is 0 Å². The minimum atomic E-state index is -0.756. The van der Waals surface area contributed by atoms with Gasteiger partial charge in [-0.15, -0.1) is 0 Å². The van der Waals surface area contributed by atoms with E-state index in [0.29, 0.717) is 26.1 Å². The predicted octanol–water partition coefficient (Wildman–Crippen LogP) is 0.440. The molecular weight excluding hydrogens is 250 g/mol. The molecule has 6 nitrogen and oxygen atoms in total. The van der Waals surface area contributed by atoms with Crippen molar-refractivity contribution in [3.8, 4) is 0 Å². The van der Waals surface area contributed by atoms with Gasteiger partial charge in [0.2, 0.25) is 5.91 Å². The minimum absolute atomic E-state index is 0.0624. The molecule has 0 aromatic heterocycles. The quantitative estimate of drug-likeness (QED) is 0.679. The maximum Gasteiger partial charge on any atom is 0.328 e. The van der Waals surface area contributed by atoms with Crippen LogP contribution in [0.25, 0.3) is 0 Å². The van der Waals surface area contributed by atoms with Gasteiger partial charge in [-0.1, -0.05) is 6.92 Å². The van der Waals surface area contributed by atoms with E-state index < -0.39 is 12.0 Å². The zero-order valence-electron chi connectivity index (χ0n) is 11.4. The second-order valence-electron chi connectivity index (χ2n) is 4.58. The molecule has 0 aromatic carbocycles. The lowest BCUT2D eigenvalue weighted by Gasteiger charge is -2.18. The van der Waals surface area contributed by atoms with E-state index in [9.17, 15) is 14.4 Å². The molecule has 0 aromatic rings. The second-order valence-corrected chi connectivity index (χ2v) is 4.58. The third-order valence-corrected chi connectivity index (χ3v) is 3.21. The first-order valence-electron chi connectivity index (χ1n) is 6.56. The van der Waals surface area contributed by atoms with Crippen LogP contribution < -0.4 is 5.32 Å². The highest BCUT2D eigenvalue weighted by atomic mass is 16.5. The van der Waals surface area contributed by atoms with E-state index >= 15 is 0 Å². The Morgan fingerprint density at radius 3 is 2.68 bits per heavy atom. The highest BCUT2D eigenvalue weighted by Gasteiger charge is 2.28. The maximum absolute atomic E-state index is 11.9. The molecule has 1 N–H and O–H groups in total. The number of hydrogen-bond donors (Lipinski definition) is 1. The first-order valence-corrected chi connectivity index (χ1v) is 6.56. The third kappa shape index (κ3) is 4.98. The molecule has 1 saturated heterocycles. The molecule has 1 heterocycles. The number of hydrogen-bond acceptors (Lipinski definition) is 5. The smallest absolute Gasteiger partial charge is 0.328 e. The Hall–Kier alpha value is -1.43. The van der Waals surface area contributed by atoms with Gasteiger partial charge in [0.25, 0.3) is 0 Å². The number of carbonyl (C=O) groups excluding carboxylic acids is 3. The number of amides is 1. The van der Waals surface area contributed by atoms with Crippen molar-refractivity contribution in [2.75, 3.05) is 20.3 Å². The monoisotopic (exact) mass is 271 g/mol. The lowest BCUT2D eigenvalue weighted by Crippen LogP contribution is -2.44. The molecule has 1 aliphatic heterocycles. The fraction of sp³-hybridized carbons (Fsp3) is 0.769. The van der Waals surface area contributed by atoms with E-state index in [1.807, 2.05) is 0 Å². The first-order chi connectivity index (χ1) is 9.08. The number of rotatable bonds is 7. The molecule has 1 amide bonds. The first kappa shape index (κ1) is 15.6. The van der Waals surface area contributed by atoms with Crippen LogP contribution in [0.5, 0.6) is 0 Å². The average molecular weight is 271 g/mol. The zero-order chi connectivity index (χ0) is 14.3. The van der Waals surface area contributed by atoms with Gasteiger partial charge in [0, 0.05) is 19.4 Å². The lowest BCUT2D eigenvalue weighted by molar-refractivity contribution is -0.146. The second kappa shape index (κ2) is 7.89. The third-order valence-electron chi connectivity index (χ3n) is 3.21. The number of esters is 1. The van der Waals surface area contributed by atoms with E-state index in [1.165, 1.54) is 7.11 Å². The van der Waals surface area contributed by atoms with Gasteiger partial charge in [-0.25, -0.2) is 4.79 Å². The van der Waals surface area contributed by atoms with Crippen LogP contribution in [0.15, 0.2) is 0 Å². The van der Waals surface area contributed by atoms with Gasteiger partial charge in [0.05, 0.1) is 19.6 Å². The summed E-state index contributed by atoms with van der Waals surface area (Å²) in [6.07, 6.45) is 1.63. The van der Waals surface area contributed by atoms with Crippen molar-refractivity contribution >= 4 is 17.7 Å². The maximum atomic E-state index is 11.9. The number of Topliss-reactive ketones (excluding diaryl/α,β-unsaturated/α-hetero) is 1. The van der Waals surface area contributed by atoms with Gasteiger partial charge in [-0.2, -0.15) is 0 Å². The Morgan fingerprint density at radius 1 is 1.42 bits per heavy atom. The largest absolute Gasteiger partial charge is 0.467 e. The SMILES string of the molecule is CCC(=O)CC[C@H](NC(=O)[C@@H]1CCOC1)C(=O)OC. The molecule has 108 valence electrons. The van der Waals surface area contributed by atoms with E-state index in [1.54, 1.807) is 6.92 Å². The molecule has 0 bridgehead atoms. The van der Waals surface area contributed by atoms with Crippen LogP contribution in [0.2, 0.25) is 0 Å². The molecule has 1 rings (SSSR count). The van der Waals surface area contributed by atoms with E-state index in [4.69, 9.17) is 4.74 Å². The van der Waals surface area contributed by atoms with Crippen LogP contribution in [0, 0.1) is 5.92 Å². The molecule has 0 aliphatic carbocycles. The van der Waals surface area contributed by atoms with Gasteiger partial charge in [-0.3, -0.25) is 9.59 Å². The summed E-state index contributed by atoms with van der Waals surface area (Å²) in [6, 6.07) is -0.756. The summed E-state index contributed by atoms with van der Waals surface area (Å²) in [5, 5.41) is 2.64. The minimum Gasteiger partial charge on any atom is -0.467 e. The molecule has 1 aliphatic rings. The molecule has 0 spiro atoms. The highest BCUT2D eigenvalue weighted by molar-refractivity contribution is 5.86. The summed E-state index contributed by atoms with van der Waals surface area (Å²) < 4.78 is 9.78. The molecule has 0 saturated carbocycles. The van der Waals surface area contributed by atoms with E-state index in [2.05, 4.69) is 10.1 Å². The van der Waals surface area contributed by atoms with Crippen molar-refractivity contribution in [2.45, 2.75) is 38.6 Å². The summed E-state index contributed by atoms with van der Waals surface area (Å²) in [4.78, 5) is 34.8. The van der Waals surface area contributed by atoms with Gasteiger partial charge in [0.1, 0.15) is 11.8 Å². The Balaban J connectivity index is 2.50. The number of ether oxygens (including phenoxy) is 2. The number of ketones is 1. The Kier molecular flexibility index (Phi) is 6.49. The molecule has 6 heteroatoms. The van der Waals surface area contributed by atoms with E-state index in [-0.39, 0.29) is 30.4 Å². The van der Waals surface area contributed by atoms with Crippen molar-refractivity contribution in [3.63, 3.8) is 0 Å². The number of carbonyl (C=O) groups is 3. The Labute approximate surface area is 112 Å². The van der Waals surface area contributed by atoms with Gasteiger partial charge >= 0.3 is 5.97 Å². The Bertz CT molecular complexity index is 336. The Morgan fingerprint density at radius 2 is 2.16 bits per heavy atom. The topological polar surface area (TPSA) is 81.7 Å². The summed E-state index contributed by atoms with van der Waals surface area (Å²) >= 11 is 0. The molecule has 2 atom stereocenters. The molecule has 19 heavy (non-hydrogen) atoms. The fourth-order valence-electron chi connectivity index (χ4n) is 1.90. The van der Waals surface area contributed by atoms with Crippen molar-refractivity contribution in [1.82, 2.24) is 5.32 Å². The number of methoxy groups -OCH3 is 1. The van der Waals surface area contributed by atoms with Crippen LogP contribution in [-0.4, -0.2) is 44.0 Å². The molecule has 1 fully saturated rings. The van der Waals surface area contributed by atoms with Gasteiger partial charge in [0.15, 0.2) is 0 Å². The summed E-state index contributed by atoms with van der Waals surface area (Å²) in [7, 11) is 1.27. The van der Waals surface area contributed by atoms with Crippen molar-refractivity contribution < 1.29 is 23.9 Å². The van der Waals surface area contributed by atoms with Crippen molar-refractivity contribution in [2.24, 2.45) is 5.92 Å². The van der Waals surface area contributed by atoms with Crippen LogP contribution >= 0.6 is 0 Å². The van der Waals surface area contributed by atoms with Crippen LogP contribution in [0.1, 0.15) is 32.6 Å². The van der Waals surface area contributed by atoms with Crippen LogP contribution in [-0.2, 0) is 23.9 Å². The highest BCUT2D eigenvalue weighted by Crippen LogP contribution is 2.13. The van der Waals surface area contributed by atoms with Crippen LogP contribution in [0.4, 0.5) is 0 Å². The lowest BCUT2D eigenvalue weighted by atomic mass is 10.0. The average Bonchev–Trinajstić information content (AvgIpc) is 2.95. The van der Waals surface area contributed by atoms with Crippen molar-refractivity contribution in [1.29, 1.82) is 0 Å². The zero-order valence-corrected chi connectivity index (χ0v) is 11.4. The van der Waals surface area contributed by atoms with Gasteiger partial charge < -0.3 is 14.8 Å². The van der Waals surface area contributed by atoms with Gasteiger partial charge in [-0.05, 0) is 12.8 Å².